The molecule has 15 heavy (non-hydrogen) atoms. The van der Waals surface area contributed by atoms with Crippen LogP contribution in [0.15, 0.2) is 24.3 Å². The van der Waals surface area contributed by atoms with Gasteiger partial charge < -0.3 is 0 Å². The molecule has 0 aliphatic heterocycles. The van der Waals surface area contributed by atoms with Crippen molar-refractivity contribution in [2.45, 2.75) is 19.8 Å². The molecule has 0 atom stereocenters. The fourth-order valence-corrected chi connectivity index (χ4v) is 1.07. The van der Waals surface area contributed by atoms with E-state index >= 15 is 0 Å². The summed E-state index contributed by atoms with van der Waals surface area (Å²) in [4.78, 5) is 0. The van der Waals surface area contributed by atoms with E-state index in [4.69, 9.17) is 0 Å². The van der Waals surface area contributed by atoms with Gasteiger partial charge in [-0.15, -0.1) is 0 Å². The van der Waals surface area contributed by atoms with Gasteiger partial charge in [-0.3, -0.25) is 11.8 Å². The fraction of sp³-hybridized carbons (Fsp3) is 0.214. The fourth-order valence-electron chi connectivity index (χ4n) is 1.07. The molecule has 0 bridgehead atoms. The monoisotopic (exact) mass is 365 g/mol. The molecule has 0 spiro atoms. The topological polar surface area (TPSA) is 0 Å². The van der Waals surface area contributed by atoms with E-state index < -0.39 is 0 Å². The minimum Gasteiger partial charge on any atom is -0.296 e. The minimum absolute atomic E-state index is 0. The summed E-state index contributed by atoms with van der Waals surface area (Å²) in [6, 6.07) is 7.91. The summed E-state index contributed by atoms with van der Waals surface area (Å²) in [5, 5.41) is 0. The Bertz CT molecular complexity index is 410. The molecule has 1 rings (SSSR count). The van der Waals surface area contributed by atoms with Crippen LogP contribution >= 0.6 is 0 Å². The summed E-state index contributed by atoms with van der Waals surface area (Å²) in [5.74, 6) is 11.8. The number of hydrogen-bond donors (Lipinski definition) is 0. The predicted molar refractivity (Wildman–Crippen MR) is 60.5 cm³/mol. The maximum absolute atomic E-state index is 3.49. The first-order valence-corrected chi connectivity index (χ1v) is 4.74. The Morgan fingerprint density at radius 3 is 2.47 bits per heavy atom. The molecule has 0 radical (unpaired) electrons. The van der Waals surface area contributed by atoms with Crippen molar-refractivity contribution in [1.29, 1.82) is 0 Å². The van der Waals surface area contributed by atoms with Gasteiger partial charge in [-0.2, -0.15) is 6.92 Å². The van der Waals surface area contributed by atoms with Gasteiger partial charge >= 0.3 is 0 Å². The van der Waals surface area contributed by atoms with Crippen molar-refractivity contribution in [3.8, 4) is 23.7 Å². The molecule has 0 nitrogen and oxygen atoms in total. The van der Waals surface area contributed by atoms with Crippen LogP contribution in [0, 0.1) is 30.6 Å². The number of benzene rings is 1. The second-order valence-electron chi connectivity index (χ2n) is 2.93. The zero-order valence-electron chi connectivity index (χ0n) is 8.84. The molecule has 0 saturated heterocycles. The average molecular weight is 365 g/mol. The quantitative estimate of drug-likeness (QED) is 0.530. The van der Waals surface area contributed by atoms with Crippen molar-refractivity contribution >= 4 is 0 Å². The van der Waals surface area contributed by atoms with Gasteiger partial charge in [-0.25, -0.2) is 0 Å². The van der Waals surface area contributed by atoms with Crippen LogP contribution in [-0.2, 0) is 21.1 Å². The number of unbranched alkanes of at least 4 members (excludes halogenated alkanes) is 1. The Morgan fingerprint density at radius 2 is 1.87 bits per heavy atom. The van der Waals surface area contributed by atoms with Crippen molar-refractivity contribution in [2.75, 3.05) is 0 Å². The summed E-state index contributed by atoms with van der Waals surface area (Å²) in [6.45, 7) is 5.61. The van der Waals surface area contributed by atoms with Crippen molar-refractivity contribution in [3.63, 3.8) is 0 Å². The Balaban J connectivity index is 0.00000196. The third-order valence-corrected chi connectivity index (χ3v) is 1.70. The zero-order chi connectivity index (χ0) is 10.2. The van der Waals surface area contributed by atoms with Gasteiger partial charge in [-0.05, 0) is 12.5 Å². The minimum atomic E-state index is 0. The van der Waals surface area contributed by atoms with E-state index in [0.717, 1.165) is 24.0 Å². The van der Waals surface area contributed by atoms with E-state index in [0.29, 0.717) is 0 Å². The van der Waals surface area contributed by atoms with Gasteiger partial charge in [0.2, 0.25) is 0 Å². The zero-order valence-corrected chi connectivity index (χ0v) is 11.8. The van der Waals surface area contributed by atoms with Gasteiger partial charge in [0.15, 0.2) is 0 Å². The normalized spacial score (nSPS) is 7.53. The van der Waals surface area contributed by atoms with Crippen LogP contribution in [0.1, 0.15) is 30.9 Å². The van der Waals surface area contributed by atoms with Crippen LogP contribution in [0.25, 0.3) is 0 Å². The molecule has 0 saturated carbocycles. The van der Waals surface area contributed by atoms with Crippen LogP contribution in [-0.4, -0.2) is 0 Å². The van der Waals surface area contributed by atoms with E-state index in [-0.39, 0.29) is 21.1 Å². The second-order valence-corrected chi connectivity index (χ2v) is 2.93. The molecule has 1 heteroatoms. The molecule has 0 aromatic heterocycles. The SMILES string of the molecule is [CH2-]C#Cc1cccc(C#CCCC)c1.[W]. The van der Waals surface area contributed by atoms with Crippen LogP contribution in [0.3, 0.4) is 0 Å². The van der Waals surface area contributed by atoms with E-state index in [1.165, 1.54) is 0 Å². The molecule has 0 heterocycles. The summed E-state index contributed by atoms with van der Waals surface area (Å²) < 4.78 is 0. The standard InChI is InChI=1S/C14H13.W/c1-3-5-6-9-14-11-7-10-13(12-14)8-4-2;/h7,10-12H,2-3,5H2,1H3;/q-1;. The Morgan fingerprint density at radius 1 is 1.20 bits per heavy atom. The third kappa shape index (κ3) is 5.36. The van der Waals surface area contributed by atoms with Crippen LogP contribution in [0.2, 0.25) is 0 Å². The molecule has 0 aliphatic carbocycles. The Labute approximate surface area is 107 Å². The van der Waals surface area contributed by atoms with Gasteiger partial charge in [0.1, 0.15) is 0 Å². The Hall–Kier alpha value is -1.10. The van der Waals surface area contributed by atoms with Crippen LogP contribution in [0.4, 0.5) is 0 Å². The molecular weight excluding hydrogens is 352 g/mol. The summed E-state index contributed by atoms with van der Waals surface area (Å²) in [6.07, 6.45) is 2.05. The maximum atomic E-state index is 3.49. The average Bonchev–Trinajstić information content (AvgIpc) is 2.19. The molecule has 0 N–H and O–H groups in total. The molecule has 0 amide bonds. The summed E-state index contributed by atoms with van der Waals surface area (Å²) in [7, 11) is 0. The molecule has 1 aromatic carbocycles. The van der Waals surface area contributed by atoms with Gasteiger partial charge in [0.05, 0.1) is 0 Å². The van der Waals surface area contributed by atoms with Crippen LogP contribution < -0.4 is 0 Å². The summed E-state index contributed by atoms with van der Waals surface area (Å²) in [5.41, 5.74) is 2.00. The molecule has 1 aromatic rings. The second kappa shape index (κ2) is 8.23. The molecular formula is C14H13W-. The largest absolute Gasteiger partial charge is 0.296 e. The van der Waals surface area contributed by atoms with Crippen molar-refractivity contribution < 1.29 is 21.1 Å². The predicted octanol–water partition coefficient (Wildman–Crippen LogP) is 3.02. The van der Waals surface area contributed by atoms with Gasteiger partial charge in [0, 0.05) is 33.0 Å². The molecule has 76 valence electrons. The molecule has 0 aliphatic rings. The van der Waals surface area contributed by atoms with Crippen LogP contribution in [0.5, 0.6) is 0 Å². The first kappa shape index (κ1) is 13.9. The van der Waals surface area contributed by atoms with E-state index in [1.807, 2.05) is 24.3 Å². The first-order valence-electron chi connectivity index (χ1n) is 4.74. The summed E-state index contributed by atoms with van der Waals surface area (Å²) >= 11 is 0. The smallest absolute Gasteiger partial charge is 0.0241 e. The third-order valence-electron chi connectivity index (χ3n) is 1.70. The van der Waals surface area contributed by atoms with Crippen molar-refractivity contribution in [3.05, 3.63) is 42.3 Å². The number of hydrogen-bond acceptors (Lipinski definition) is 0. The van der Waals surface area contributed by atoms with Gasteiger partial charge in [-0.1, -0.05) is 42.5 Å². The number of rotatable bonds is 1. The first-order chi connectivity index (χ1) is 6.86. The van der Waals surface area contributed by atoms with E-state index in [1.54, 1.807) is 0 Å². The van der Waals surface area contributed by atoms with E-state index in [9.17, 15) is 0 Å². The molecule has 0 fully saturated rings. The van der Waals surface area contributed by atoms with E-state index in [2.05, 4.69) is 37.5 Å². The maximum Gasteiger partial charge on any atom is 0.0241 e. The van der Waals surface area contributed by atoms with Crippen molar-refractivity contribution in [1.82, 2.24) is 0 Å². The van der Waals surface area contributed by atoms with Gasteiger partial charge in [0.25, 0.3) is 0 Å². The van der Waals surface area contributed by atoms with Crippen molar-refractivity contribution in [2.24, 2.45) is 0 Å². The molecule has 0 unspecified atom stereocenters. The Kier molecular flexibility index (Phi) is 7.62.